The molecule has 2 unspecified atom stereocenters. The Morgan fingerprint density at radius 1 is 1.57 bits per heavy atom. The topological polar surface area (TPSA) is 0 Å². The van der Waals surface area contributed by atoms with E-state index in [1.54, 1.807) is 0 Å². The fraction of sp³-hybridized carbons (Fsp3) is 0.692. The lowest BCUT2D eigenvalue weighted by Gasteiger charge is -2.20. The molecule has 14 heavy (non-hydrogen) atoms. The van der Waals surface area contributed by atoms with E-state index in [1.165, 1.54) is 30.6 Å². The molecule has 0 aromatic heterocycles. The number of hydrogen-bond acceptors (Lipinski definition) is 1. The molecule has 2 atom stereocenters. The molecule has 0 fully saturated rings. The van der Waals surface area contributed by atoms with Crippen LogP contribution < -0.4 is 0 Å². The standard InChI is InChI=1S/C13H22S/c1-4-11(2)8-9-14-13-7-5-6-12(3)10-13/h5,7-8,12-13H,4,6,9-10H2,1-3H3/b11-8-. The Balaban J connectivity index is 2.24. The summed E-state index contributed by atoms with van der Waals surface area (Å²) in [4.78, 5) is 0. The van der Waals surface area contributed by atoms with Gasteiger partial charge in [0.2, 0.25) is 0 Å². The highest BCUT2D eigenvalue weighted by Crippen LogP contribution is 2.27. The molecule has 0 saturated carbocycles. The van der Waals surface area contributed by atoms with Crippen LogP contribution in [0, 0.1) is 5.92 Å². The summed E-state index contributed by atoms with van der Waals surface area (Å²) >= 11 is 2.08. The van der Waals surface area contributed by atoms with Crippen LogP contribution in [0.5, 0.6) is 0 Å². The first-order valence-corrected chi connectivity index (χ1v) is 6.71. The Kier molecular flexibility index (Phi) is 5.39. The van der Waals surface area contributed by atoms with Gasteiger partial charge < -0.3 is 0 Å². The van der Waals surface area contributed by atoms with Crippen LogP contribution >= 0.6 is 11.8 Å². The highest BCUT2D eigenvalue weighted by atomic mass is 32.2. The molecular formula is C13H22S. The summed E-state index contributed by atoms with van der Waals surface area (Å²) < 4.78 is 0. The number of hydrogen-bond donors (Lipinski definition) is 0. The summed E-state index contributed by atoms with van der Waals surface area (Å²) in [5.41, 5.74) is 1.52. The average Bonchev–Trinajstić information content (AvgIpc) is 2.17. The number of allylic oxidation sites excluding steroid dienone is 2. The predicted octanol–water partition coefficient (Wildman–Crippen LogP) is 4.43. The normalized spacial score (nSPS) is 28.1. The van der Waals surface area contributed by atoms with Gasteiger partial charge in [-0.2, -0.15) is 11.8 Å². The average molecular weight is 210 g/mol. The summed E-state index contributed by atoms with van der Waals surface area (Å²) in [7, 11) is 0. The van der Waals surface area contributed by atoms with E-state index >= 15 is 0 Å². The van der Waals surface area contributed by atoms with E-state index in [1.807, 2.05) is 0 Å². The molecule has 0 spiro atoms. The first-order chi connectivity index (χ1) is 6.72. The SMILES string of the molecule is CC/C(C)=C\CSC1C=CCC(C)C1. The molecule has 0 nitrogen and oxygen atoms in total. The number of rotatable bonds is 4. The molecule has 0 saturated heterocycles. The van der Waals surface area contributed by atoms with Crippen LogP contribution in [-0.4, -0.2) is 11.0 Å². The summed E-state index contributed by atoms with van der Waals surface area (Å²) in [5, 5.41) is 0.764. The molecule has 1 heteroatoms. The van der Waals surface area contributed by atoms with Crippen LogP contribution in [0.1, 0.15) is 40.0 Å². The van der Waals surface area contributed by atoms with E-state index in [0.29, 0.717) is 0 Å². The third-order valence-corrected chi connectivity index (χ3v) is 3.96. The van der Waals surface area contributed by atoms with Crippen LogP contribution in [-0.2, 0) is 0 Å². The van der Waals surface area contributed by atoms with Gasteiger partial charge in [-0.15, -0.1) is 0 Å². The molecule has 0 aromatic rings. The highest BCUT2D eigenvalue weighted by molar-refractivity contribution is 8.00. The zero-order valence-electron chi connectivity index (χ0n) is 9.62. The van der Waals surface area contributed by atoms with Crippen molar-refractivity contribution in [2.24, 2.45) is 5.92 Å². The molecule has 0 amide bonds. The second kappa shape index (κ2) is 6.34. The maximum atomic E-state index is 2.39. The van der Waals surface area contributed by atoms with Crippen molar-refractivity contribution in [1.82, 2.24) is 0 Å². The van der Waals surface area contributed by atoms with Crippen molar-refractivity contribution in [3.8, 4) is 0 Å². The smallest absolute Gasteiger partial charge is 0.0232 e. The second-order valence-corrected chi connectivity index (χ2v) is 5.55. The molecule has 1 aliphatic rings. The molecule has 0 heterocycles. The van der Waals surface area contributed by atoms with Gasteiger partial charge >= 0.3 is 0 Å². The molecule has 0 aromatic carbocycles. The van der Waals surface area contributed by atoms with Crippen molar-refractivity contribution in [3.05, 3.63) is 23.8 Å². The van der Waals surface area contributed by atoms with E-state index in [4.69, 9.17) is 0 Å². The minimum absolute atomic E-state index is 0.764. The van der Waals surface area contributed by atoms with Crippen LogP contribution in [0.25, 0.3) is 0 Å². The number of thioether (sulfide) groups is 1. The van der Waals surface area contributed by atoms with Gasteiger partial charge in [-0.25, -0.2) is 0 Å². The summed E-state index contributed by atoms with van der Waals surface area (Å²) in [5.74, 6) is 2.07. The van der Waals surface area contributed by atoms with Gasteiger partial charge in [0.1, 0.15) is 0 Å². The molecular weight excluding hydrogens is 188 g/mol. The molecule has 1 rings (SSSR count). The van der Waals surface area contributed by atoms with Gasteiger partial charge in [0.15, 0.2) is 0 Å². The van der Waals surface area contributed by atoms with Gasteiger partial charge in [0.25, 0.3) is 0 Å². The first kappa shape index (κ1) is 11.9. The lowest BCUT2D eigenvalue weighted by molar-refractivity contribution is 0.534. The maximum Gasteiger partial charge on any atom is 0.0232 e. The Bertz CT molecular complexity index is 215. The fourth-order valence-corrected chi connectivity index (χ4v) is 2.93. The van der Waals surface area contributed by atoms with E-state index in [-0.39, 0.29) is 0 Å². The summed E-state index contributed by atoms with van der Waals surface area (Å²) in [6, 6.07) is 0. The molecule has 1 aliphatic carbocycles. The fourth-order valence-electron chi connectivity index (χ4n) is 1.62. The Morgan fingerprint density at radius 2 is 2.36 bits per heavy atom. The van der Waals surface area contributed by atoms with Gasteiger partial charge in [-0.05, 0) is 32.1 Å². The maximum absolute atomic E-state index is 2.39. The quantitative estimate of drug-likeness (QED) is 0.619. The van der Waals surface area contributed by atoms with Gasteiger partial charge in [-0.1, -0.05) is 37.6 Å². The predicted molar refractivity (Wildman–Crippen MR) is 67.8 cm³/mol. The largest absolute Gasteiger partial charge is 0.150 e. The Hall–Kier alpha value is -0.170. The van der Waals surface area contributed by atoms with E-state index < -0.39 is 0 Å². The first-order valence-electron chi connectivity index (χ1n) is 5.66. The van der Waals surface area contributed by atoms with Gasteiger partial charge in [0.05, 0.1) is 0 Å². The van der Waals surface area contributed by atoms with Gasteiger partial charge in [0, 0.05) is 11.0 Å². The Labute approximate surface area is 92.9 Å². The lowest BCUT2D eigenvalue weighted by Crippen LogP contribution is -2.10. The van der Waals surface area contributed by atoms with Gasteiger partial charge in [-0.3, -0.25) is 0 Å². The van der Waals surface area contributed by atoms with Crippen LogP contribution in [0.2, 0.25) is 0 Å². The molecule has 0 N–H and O–H groups in total. The zero-order chi connectivity index (χ0) is 10.4. The third-order valence-electron chi connectivity index (χ3n) is 2.82. The highest BCUT2D eigenvalue weighted by Gasteiger charge is 2.13. The van der Waals surface area contributed by atoms with E-state index in [2.05, 4.69) is 50.8 Å². The third kappa shape index (κ3) is 4.36. The van der Waals surface area contributed by atoms with Crippen LogP contribution in [0.15, 0.2) is 23.8 Å². The van der Waals surface area contributed by atoms with Crippen LogP contribution in [0.4, 0.5) is 0 Å². The van der Waals surface area contributed by atoms with Crippen molar-refractivity contribution < 1.29 is 0 Å². The van der Waals surface area contributed by atoms with Crippen molar-refractivity contribution >= 4 is 11.8 Å². The molecule has 80 valence electrons. The molecule has 0 bridgehead atoms. The zero-order valence-corrected chi connectivity index (χ0v) is 10.4. The van der Waals surface area contributed by atoms with Crippen molar-refractivity contribution in [3.63, 3.8) is 0 Å². The molecule has 0 radical (unpaired) electrons. The second-order valence-electron chi connectivity index (χ2n) is 4.28. The lowest BCUT2D eigenvalue weighted by atomic mass is 9.96. The van der Waals surface area contributed by atoms with E-state index in [0.717, 1.165) is 11.2 Å². The summed E-state index contributed by atoms with van der Waals surface area (Å²) in [6.45, 7) is 6.79. The monoisotopic (exact) mass is 210 g/mol. The molecule has 0 aliphatic heterocycles. The minimum atomic E-state index is 0.764. The van der Waals surface area contributed by atoms with Crippen LogP contribution in [0.3, 0.4) is 0 Å². The summed E-state index contributed by atoms with van der Waals surface area (Å²) in [6.07, 6.45) is 10.9. The van der Waals surface area contributed by atoms with Crippen molar-refractivity contribution in [2.75, 3.05) is 5.75 Å². The minimum Gasteiger partial charge on any atom is -0.150 e. The van der Waals surface area contributed by atoms with Crippen molar-refractivity contribution in [1.29, 1.82) is 0 Å². The van der Waals surface area contributed by atoms with Crippen molar-refractivity contribution in [2.45, 2.75) is 45.3 Å². The Morgan fingerprint density at radius 3 is 3.00 bits per heavy atom. The van der Waals surface area contributed by atoms with E-state index in [9.17, 15) is 0 Å².